The van der Waals surface area contributed by atoms with E-state index in [2.05, 4.69) is 5.18 Å². The topological polar surface area (TPSA) is 76.0 Å². The molecule has 1 N–H and O–H groups in total. The van der Waals surface area contributed by atoms with E-state index in [4.69, 9.17) is 9.84 Å². The van der Waals surface area contributed by atoms with Gasteiger partial charge < -0.3 is 9.84 Å². The molecule has 0 aromatic rings. The Balaban J connectivity index is 1.71. The van der Waals surface area contributed by atoms with Gasteiger partial charge in [0.05, 0.1) is 6.61 Å². The number of carbonyl (C=O) groups is 1. The summed E-state index contributed by atoms with van der Waals surface area (Å²) in [7, 11) is 0. The predicted octanol–water partition coefficient (Wildman–Crippen LogP) is 4.50. The summed E-state index contributed by atoms with van der Waals surface area (Å²) in [6.07, 6.45) is 13.9. The van der Waals surface area contributed by atoms with Crippen LogP contribution in [0, 0.1) is 4.91 Å². The van der Waals surface area contributed by atoms with E-state index in [9.17, 15) is 9.70 Å². The Hall–Kier alpha value is -0.810. The number of rotatable bonds is 16. The first-order valence-electron chi connectivity index (χ1n) is 9.39. The smallest absolute Gasteiger partial charge is 0.186 e. The molecule has 5 nitrogen and oxygen atoms in total. The molecule has 134 valence electrons. The quantitative estimate of drug-likeness (QED) is 0.334. The Morgan fingerprint density at radius 2 is 1.43 bits per heavy atom. The molecule has 1 fully saturated rings. The number of hydrogen-bond donors (Lipinski definition) is 1. The van der Waals surface area contributed by atoms with Crippen LogP contribution >= 0.6 is 0 Å². The summed E-state index contributed by atoms with van der Waals surface area (Å²) >= 11 is 0. The van der Waals surface area contributed by atoms with Crippen molar-refractivity contribution in [2.45, 2.75) is 102 Å². The van der Waals surface area contributed by atoms with E-state index in [1.807, 2.05) is 0 Å². The average molecular weight is 327 g/mol. The molecule has 0 saturated carbocycles. The van der Waals surface area contributed by atoms with E-state index in [0.29, 0.717) is 18.6 Å². The first kappa shape index (κ1) is 20.2. The summed E-state index contributed by atoms with van der Waals surface area (Å²) in [5.41, 5.74) is 0. The molecule has 0 spiro atoms. The van der Waals surface area contributed by atoms with Crippen LogP contribution in [0.15, 0.2) is 5.18 Å². The van der Waals surface area contributed by atoms with Crippen molar-refractivity contribution in [1.29, 1.82) is 0 Å². The summed E-state index contributed by atoms with van der Waals surface area (Å²) in [4.78, 5) is 21.6. The second-order valence-corrected chi connectivity index (χ2v) is 6.63. The third-order valence-electron chi connectivity index (χ3n) is 4.57. The van der Waals surface area contributed by atoms with Crippen LogP contribution in [0.4, 0.5) is 0 Å². The van der Waals surface area contributed by atoms with Gasteiger partial charge in [-0.2, -0.15) is 0 Å². The van der Waals surface area contributed by atoms with Crippen molar-refractivity contribution in [3.05, 3.63) is 4.91 Å². The molecule has 1 rings (SSSR count). The first-order valence-corrected chi connectivity index (χ1v) is 9.39. The van der Waals surface area contributed by atoms with E-state index < -0.39 is 6.23 Å². The number of hydrogen-bond acceptors (Lipinski definition) is 5. The van der Waals surface area contributed by atoms with Crippen LogP contribution < -0.4 is 0 Å². The van der Waals surface area contributed by atoms with Crippen molar-refractivity contribution >= 4 is 5.78 Å². The zero-order chi connectivity index (χ0) is 16.8. The highest BCUT2D eigenvalue weighted by Gasteiger charge is 2.25. The zero-order valence-corrected chi connectivity index (χ0v) is 14.4. The molecule has 2 unspecified atom stereocenters. The van der Waals surface area contributed by atoms with Crippen LogP contribution in [0.2, 0.25) is 0 Å². The zero-order valence-electron chi connectivity index (χ0n) is 14.4. The van der Waals surface area contributed by atoms with Crippen LogP contribution in [0.25, 0.3) is 0 Å². The number of Topliss-reactive ketones (excluding diaryl/α,β-unsaturated/α-hetero) is 1. The fourth-order valence-corrected chi connectivity index (χ4v) is 2.92. The number of nitrogens with zero attached hydrogens (tertiary/aromatic N) is 1. The first-order chi connectivity index (χ1) is 11.2. The fraction of sp³-hybridized carbons (Fsp3) is 0.944. The lowest BCUT2D eigenvalue weighted by molar-refractivity contribution is -0.142. The Labute approximate surface area is 140 Å². The van der Waals surface area contributed by atoms with Crippen molar-refractivity contribution in [3.8, 4) is 0 Å². The SMILES string of the molecule is O=NC(O)CCCCCCCCCCCCCC(=O)C1CCO1. The fourth-order valence-electron chi connectivity index (χ4n) is 2.92. The Morgan fingerprint density at radius 1 is 0.957 bits per heavy atom. The molecule has 1 aliphatic heterocycles. The molecule has 5 heteroatoms. The number of ether oxygens (including phenoxy) is 1. The molecular formula is C18H33NO4. The number of aliphatic hydroxyl groups is 1. The van der Waals surface area contributed by atoms with Crippen LogP contribution in [0.3, 0.4) is 0 Å². The molecule has 2 atom stereocenters. The third kappa shape index (κ3) is 10.6. The molecule has 1 saturated heterocycles. The van der Waals surface area contributed by atoms with Crippen molar-refractivity contribution in [2.24, 2.45) is 5.18 Å². The maximum atomic E-state index is 11.6. The minimum atomic E-state index is -1.01. The summed E-state index contributed by atoms with van der Waals surface area (Å²) in [6.45, 7) is 0.758. The summed E-state index contributed by atoms with van der Waals surface area (Å²) in [5.74, 6) is 0.299. The second-order valence-electron chi connectivity index (χ2n) is 6.63. The standard InChI is InChI=1S/C18H33NO4/c20-16(17-14-15-23-17)12-10-8-6-4-2-1-3-5-7-9-11-13-18(21)19-22/h17-18,21H,1-15H2. The van der Waals surface area contributed by atoms with Gasteiger partial charge in [0.15, 0.2) is 12.0 Å². The van der Waals surface area contributed by atoms with Gasteiger partial charge >= 0.3 is 0 Å². The van der Waals surface area contributed by atoms with Crippen molar-refractivity contribution in [3.63, 3.8) is 0 Å². The largest absolute Gasteiger partial charge is 0.370 e. The van der Waals surface area contributed by atoms with Crippen molar-refractivity contribution < 1.29 is 14.6 Å². The summed E-state index contributed by atoms with van der Waals surface area (Å²) in [5, 5.41) is 11.6. The van der Waals surface area contributed by atoms with Gasteiger partial charge in [0.25, 0.3) is 0 Å². The molecule has 0 aromatic heterocycles. The van der Waals surface area contributed by atoms with Gasteiger partial charge in [-0.15, -0.1) is 4.91 Å². The Bertz CT molecular complexity index is 318. The van der Waals surface area contributed by atoms with E-state index in [1.54, 1.807) is 0 Å². The molecular weight excluding hydrogens is 294 g/mol. The highest BCUT2D eigenvalue weighted by Crippen LogP contribution is 2.16. The normalized spacial score (nSPS) is 18.4. The predicted molar refractivity (Wildman–Crippen MR) is 91.2 cm³/mol. The molecule has 0 radical (unpaired) electrons. The van der Waals surface area contributed by atoms with E-state index in [0.717, 1.165) is 38.7 Å². The van der Waals surface area contributed by atoms with Crippen LogP contribution in [-0.4, -0.2) is 29.8 Å². The van der Waals surface area contributed by atoms with Gasteiger partial charge in [-0.25, -0.2) is 0 Å². The molecule has 0 aliphatic carbocycles. The van der Waals surface area contributed by atoms with Crippen molar-refractivity contribution in [1.82, 2.24) is 0 Å². The lowest BCUT2D eigenvalue weighted by atomic mass is 10.0. The molecule has 0 bridgehead atoms. The van der Waals surface area contributed by atoms with Gasteiger partial charge in [0.1, 0.15) is 6.10 Å². The van der Waals surface area contributed by atoms with Gasteiger partial charge in [-0.3, -0.25) is 4.79 Å². The Morgan fingerprint density at radius 3 is 1.87 bits per heavy atom. The Kier molecular flexibility index (Phi) is 12.0. The highest BCUT2D eigenvalue weighted by molar-refractivity contribution is 5.83. The van der Waals surface area contributed by atoms with E-state index in [1.165, 1.54) is 44.9 Å². The van der Waals surface area contributed by atoms with Gasteiger partial charge in [0, 0.05) is 12.8 Å². The molecule has 1 heterocycles. The molecule has 23 heavy (non-hydrogen) atoms. The number of unbranched alkanes of at least 4 members (excludes halogenated alkanes) is 10. The van der Waals surface area contributed by atoms with Gasteiger partial charge in [0.2, 0.25) is 0 Å². The maximum absolute atomic E-state index is 11.6. The number of aliphatic hydroxyl groups excluding tert-OH is 1. The van der Waals surface area contributed by atoms with E-state index >= 15 is 0 Å². The van der Waals surface area contributed by atoms with E-state index in [-0.39, 0.29) is 6.10 Å². The number of ketones is 1. The highest BCUT2D eigenvalue weighted by atomic mass is 16.5. The molecule has 1 aliphatic rings. The van der Waals surface area contributed by atoms with Gasteiger partial charge in [-0.1, -0.05) is 57.8 Å². The van der Waals surface area contributed by atoms with Crippen LogP contribution in [0.5, 0.6) is 0 Å². The lowest BCUT2D eigenvalue weighted by Gasteiger charge is -2.24. The van der Waals surface area contributed by atoms with Crippen molar-refractivity contribution in [2.75, 3.05) is 6.61 Å². The summed E-state index contributed by atoms with van der Waals surface area (Å²) in [6, 6.07) is 0. The maximum Gasteiger partial charge on any atom is 0.186 e. The van der Waals surface area contributed by atoms with Gasteiger partial charge in [-0.05, 0) is 24.4 Å². The second kappa shape index (κ2) is 13.6. The van der Waals surface area contributed by atoms with Crippen LogP contribution in [-0.2, 0) is 9.53 Å². The number of nitroso groups, excluding NO2 is 1. The monoisotopic (exact) mass is 327 g/mol. The molecule has 0 amide bonds. The minimum Gasteiger partial charge on any atom is -0.370 e. The minimum absolute atomic E-state index is 0.0760. The van der Waals surface area contributed by atoms with Crippen LogP contribution in [0.1, 0.15) is 89.9 Å². The molecule has 0 aromatic carbocycles. The lowest BCUT2D eigenvalue weighted by Crippen LogP contribution is -2.34. The third-order valence-corrected chi connectivity index (χ3v) is 4.57. The summed E-state index contributed by atoms with van der Waals surface area (Å²) < 4.78 is 5.19. The average Bonchev–Trinajstić information content (AvgIpc) is 2.49. The number of carbonyl (C=O) groups excluding carboxylic acids is 1.